The van der Waals surface area contributed by atoms with Crippen LogP contribution in [0.3, 0.4) is 0 Å². The van der Waals surface area contributed by atoms with Crippen molar-refractivity contribution < 1.29 is 13.2 Å². The number of anilines is 1. The van der Waals surface area contributed by atoms with Crippen molar-refractivity contribution in [3.8, 4) is 0 Å². The van der Waals surface area contributed by atoms with Crippen LogP contribution in [0.25, 0.3) is 0 Å². The van der Waals surface area contributed by atoms with Gasteiger partial charge in [-0.25, -0.2) is 8.42 Å². The van der Waals surface area contributed by atoms with Gasteiger partial charge in [-0.05, 0) is 49.3 Å². The molecule has 2 fully saturated rings. The fourth-order valence-electron chi connectivity index (χ4n) is 3.64. The maximum Gasteiger partial charge on any atom is 0.253 e. The summed E-state index contributed by atoms with van der Waals surface area (Å²) >= 11 is 6.12. The van der Waals surface area contributed by atoms with Gasteiger partial charge < -0.3 is 5.32 Å². The number of rotatable bonds is 4. The molecule has 0 heterocycles. The Kier molecular flexibility index (Phi) is 4.07. The Hall–Kier alpha value is -1.27. The average molecular weight is 343 g/mol. The summed E-state index contributed by atoms with van der Waals surface area (Å²) in [6.45, 7) is 0. The fourth-order valence-corrected chi connectivity index (χ4v) is 4.47. The number of fused-ring (bicyclic) bond motifs is 2. The minimum absolute atomic E-state index is 0.187. The summed E-state index contributed by atoms with van der Waals surface area (Å²) in [5.74, 6) is 1.17. The Bertz CT molecular complexity index is 705. The first-order chi connectivity index (χ1) is 10.3. The first-order valence-corrected chi connectivity index (χ1v) is 9.67. The monoisotopic (exact) mass is 342 g/mol. The number of benzene rings is 1. The highest BCUT2D eigenvalue weighted by atomic mass is 35.5. The third-order valence-electron chi connectivity index (χ3n) is 4.57. The summed E-state index contributed by atoms with van der Waals surface area (Å²) in [4.78, 5) is 12.4. The second kappa shape index (κ2) is 5.74. The van der Waals surface area contributed by atoms with Crippen LogP contribution < -0.4 is 10.0 Å². The van der Waals surface area contributed by atoms with E-state index in [4.69, 9.17) is 11.6 Å². The molecule has 2 saturated carbocycles. The van der Waals surface area contributed by atoms with Crippen LogP contribution in [-0.2, 0) is 10.0 Å². The van der Waals surface area contributed by atoms with E-state index in [1.807, 2.05) is 0 Å². The fraction of sp³-hybridized carbons (Fsp3) is 0.533. The van der Waals surface area contributed by atoms with Crippen molar-refractivity contribution in [3.05, 3.63) is 28.8 Å². The lowest BCUT2D eigenvalue weighted by atomic mass is 9.95. The Morgan fingerprint density at radius 1 is 1.27 bits per heavy atom. The third-order valence-corrected chi connectivity index (χ3v) is 5.49. The van der Waals surface area contributed by atoms with Gasteiger partial charge >= 0.3 is 0 Å². The molecule has 120 valence electrons. The van der Waals surface area contributed by atoms with Crippen molar-refractivity contribution in [1.29, 1.82) is 0 Å². The molecule has 5 nitrogen and oxygen atoms in total. The van der Waals surface area contributed by atoms with E-state index >= 15 is 0 Å². The number of hydrogen-bond donors (Lipinski definition) is 2. The van der Waals surface area contributed by atoms with Crippen molar-refractivity contribution in [1.82, 2.24) is 5.32 Å². The molecule has 0 aliphatic heterocycles. The lowest BCUT2D eigenvalue weighted by molar-refractivity contribution is 0.0923. The molecule has 1 amide bonds. The molecule has 1 aromatic rings. The van der Waals surface area contributed by atoms with E-state index in [1.54, 1.807) is 12.1 Å². The van der Waals surface area contributed by atoms with Crippen molar-refractivity contribution in [2.75, 3.05) is 11.0 Å². The third kappa shape index (κ3) is 3.38. The zero-order valence-corrected chi connectivity index (χ0v) is 13.9. The van der Waals surface area contributed by atoms with Gasteiger partial charge in [-0.3, -0.25) is 9.52 Å². The van der Waals surface area contributed by atoms with Gasteiger partial charge in [0, 0.05) is 11.7 Å². The number of nitrogens with one attached hydrogen (secondary N) is 2. The minimum atomic E-state index is -3.36. The van der Waals surface area contributed by atoms with Crippen LogP contribution in [0.4, 0.5) is 5.69 Å². The summed E-state index contributed by atoms with van der Waals surface area (Å²) in [6, 6.07) is 4.80. The SMILES string of the molecule is CS(=O)(=O)Nc1ccc(C(=O)N[C@@H]2C[C@H]3CC[C@@H]2C3)c(Cl)c1. The van der Waals surface area contributed by atoms with Gasteiger partial charge in [-0.1, -0.05) is 18.0 Å². The van der Waals surface area contributed by atoms with Crippen LogP contribution >= 0.6 is 11.6 Å². The Labute approximate surface area is 135 Å². The molecule has 0 spiro atoms. The molecule has 0 aromatic heterocycles. The summed E-state index contributed by atoms with van der Waals surface area (Å²) in [6.07, 6.45) is 5.82. The smallest absolute Gasteiger partial charge is 0.253 e. The van der Waals surface area contributed by atoms with Crippen LogP contribution in [0.15, 0.2) is 18.2 Å². The normalized spacial score (nSPS) is 26.9. The van der Waals surface area contributed by atoms with E-state index < -0.39 is 10.0 Å². The van der Waals surface area contributed by atoms with Gasteiger partial charge in [0.1, 0.15) is 0 Å². The molecule has 22 heavy (non-hydrogen) atoms. The number of amides is 1. The Morgan fingerprint density at radius 2 is 2.05 bits per heavy atom. The Morgan fingerprint density at radius 3 is 2.59 bits per heavy atom. The van der Waals surface area contributed by atoms with E-state index in [0.717, 1.165) is 18.6 Å². The highest BCUT2D eigenvalue weighted by Gasteiger charge is 2.40. The number of halogens is 1. The van der Waals surface area contributed by atoms with Crippen molar-refractivity contribution >= 4 is 33.2 Å². The summed E-state index contributed by atoms with van der Waals surface area (Å²) < 4.78 is 24.7. The van der Waals surface area contributed by atoms with Gasteiger partial charge in [-0.15, -0.1) is 0 Å². The molecule has 3 atom stereocenters. The molecule has 2 aliphatic carbocycles. The van der Waals surface area contributed by atoms with Crippen LogP contribution in [-0.4, -0.2) is 26.6 Å². The molecular weight excluding hydrogens is 324 g/mol. The molecule has 2 bridgehead atoms. The average Bonchev–Trinajstić information content (AvgIpc) is 2.98. The number of carbonyl (C=O) groups excluding carboxylic acids is 1. The van der Waals surface area contributed by atoms with Crippen LogP contribution in [0.1, 0.15) is 36.0 Å². The van der Waals surface area contributed by atoms with Crippen LogP contribution in [0.5, 0.6) is 0 Å². The predicted octanol–water partition coefficient (Wildman–Crippen LogP) is 2.63. The summed E-state index contributed by atoms with van der Waals surface area (Å²) in [7, 11) is -3.36. The molecule has 2 N–H and O–H groups in total. The molecule has 1 aromatic carbocycles. The van der Waals surface area contributed by atoms with E-state index in [0.29, 0.717) is 17.2 Å². The van der Waals surface area contributed by atoms with Gasteiger partial charge in [-0.2, -0.15) is 0 Å². The summed E-state index contributed by atoms with van der Waals surface area (Å²) in [5, 5.41) is 3.32. The molecule has 0 unspecified atom stereocenters. The van der Waals surface area contributed by atoms with E-state index in [2.05, 4.69) is 10.0 Å². The second-order valence-electron chi connectivity index (χ2n) is 6.32. The standard InChI is InChI=1S/C15H19ClN2O3S/c1-22(20,21)18-11-4-5-12(13(16)8-11)15(19)17-14-7-9-2-3-10(14)6-9/h4-5,8-10,14,18H,2-3,6-7H2,1H3,(H,17,19)/t9-,10+,14+/m0/s1. The molecule has 7 heteroatoms. The van der Waals surface area contributed by atoms with Crippen molar-refractivity contribution in [2.24, 2.45) is 11.8 Å². The quantitative estimate of drug-likeness (QED) is 0.883. The van der Waals surface area contributed by atoms with E-state index in [1.165, 1.54) is 25.3 Å². The Balaban J connectivity index is 1.70. The zero-order chi connectivity index (χ0) is 15.9. The molecular formula is C15H19ClN2O3S. The highest BCUT2D eigenvalue weighted by molar-refractivity contribution is 7.92. The largest absolute Gasteiger partial charge is 0.349 e. The summed E-state index contributed by atoms with van der Waals surface area (Å²) in [5.41, 5.74) is 0.729. The van der Waals surface area contributed by atoms with Gasteiger partial charge in [0.15, 0.2) is 0 Å². The second-order valence-corrected chi connectivity index (χ2v) is 8.48. The van der Waals surface area contributed by atoms with Gasteiger partial charge in [0.05, 0.1) is 16.8 Å². The van der Waals surface area contributed by atoms with Gasteiger partial charge in [0.25, 0.3) is 5.91 Å². The minimum Gasteiger partial charge on any atom is -0.349 e. The predicted molar refractivity (Wildman–Crippen MR) is 86.6 cm³/mol. The molecule has 0 radical (unpaired) electrons. The molecule has 3 rings (SSSR count). The molecule has 2 aliphatic rings. The lowest BCUT2D eigenvalue weighted by Crippen LogP contribution is -2.38. The van der Waals surface area contributed by atoms with Crippen molar-refractivity contribution in [3.63, 3.8) is 0 Å². The number of sulfonamides is 1. The highest BCUT2D eigenvalue weighted by Crippen LogP contribution is 2.44. The first kappa shape index (κ1) is 15.6. The van der Waals surface area contributed by atoms with Crippen molar-refractivity contribution in [2.45, 2.75) is 31.7 Å². The maximum absolute atomic E-state index is 12.4. The number of carbonyl (C=O) groups is 1. The van der Waals surface area contributed by atoms with Crippen LogP contribution in [0.2, 0.25) is 5.02 Å². The van der Waals surface area contributed by atoms with Crippen LogP contribution in [0, 0.1) is 11.8 Å². The van der Waals surface area contributed by atoms with E-state index in [-0.39, 0.29) is 17.0 Å². The first-order valence-electron chi connectivity index (χ1n) is 7.40. The van der Waals surface area contributed by atoms with Gasteiger partial charge in [0.2, 0.25) is 10.0 Å². The topological polar surface area (TPSA) is 75.3 Å². The lowest BCUT2D eigenvalue weighted by Gasteiger charge is -2.23. The molecule has 0 saturated heterocycles. The van der Waals surface area contributed by atoms with E-state index in [9.17, 15) is 13.2 Å². The maximum atomic E-state index is 12.4. The zero-order valence-electron chi connectivity index (χ0n) is 12.3. The number of hydrogen-bond acceptors (Lipinski definition) is 3.